The molecule has 0 saturated carbocycles. The van der Waals surface area contributed by atoms with E-state index in [4.69, 9.17) is 0 Å². The number of carbonyl (C=O) groups is 1. The summed E-state index contributed by atoms with van der Waals surface area (Å²) in [6.45, 7) is 6.52. The molecule has 1 rings (SSSR count). The SMILES string of the molecule is C=CC(N(C(C=C)P(=O)(O)O)[C@@H](Cc1ccc(O)cc1)C(=O)O)P(=O)(O)O. The van der Waals surface area contributed by atoms with Crippen molar-refractivity contribution in [3.05, 3.63) is 55.1 Å². The first-order chi connectivity index (χ1) is 12.3. The zero-order valence-corrected chi connectivity index (χ0v) is 15.9. The first kappa shape index (κ1) is 23.3. The van der Waals surface area contributed by atoms with Gasteiger partial charge in [-0.05, 0) is 24.1 Å². The fraction of sp³-hybridized carbons (Fsp3) is 0.267. The van der Waals surface area contributed by atoms with Crippen molar-refractivity contribution in [2.45, 2.75) is 24.0 Å². The van der Waals surface area contributed by atoms with Crippen LogP contribution in [0.4, 0.5) is 0 Å². The third kappa shape index (κ3) is 6.12. The van der Waals surface area contributed by atoms with Crippen molar-refractivity contribution in [2.75, 3.05) is 0 Å². The standard InChI is InChI=1S/C15H21NO9P2/c1-3-13(26(20,21)22)16(14(4-2)27(23,24)25)12(15(18)19)9-10-5-7-11(17)8-6-10/h3-8,12-14,17H,1-2,9H2,(H,18,19)(H2,20,21,22)(H2,23,24,25)/t12-,13?,14?/m0/s1. The van der Waals surface area contributed by atoms with Crippen molar-refractivity contribution in [1.29, 1.82) is 0 Å². The van der Waals surface area contributed by atoms with Gasteiger partial charge >= 0.3 is 21.2 Å². The number of nitrogens with zero attached hydrogens (tertiary/aromatic N) is 1. The Morgan fingerprint density at radius 1 is 1.00 bits per heavy atom. The van der Waals surface area contributed by atoms with Gasteiger partial charge in [0.15, 0.2) is 0 Å². The predicted octanol–water partition coefficient (Wildman–Crippen LogP) is 1.07. The van der Waals surface area contributed by atoms with Crippen LogP contribution in [-0.4, -0.2) is 58.3 Å². The molecule has 1 aromatic carbocycles. The lowest BCUT2D eigenvalue weighted by Gasteiger charge is -2.39. The highest BCUT2D eigenvalue weighted by Crippen LogP contribution is 2.52. The fourth-order valence-electron chi connectivity index (χ4n) is 2.57. The summed E-state index contributed by atoms with van der Waals surface area (Å²) in [5, 5.41) is 18.9. The monoisotopic (exact) mass is 421 g/mol. The second kappa shape index (κ2) is 8.95. The first-order valence-electron chi connectivity index (χ1n) is 7.46. The minimum Gasteiger partial charge on any atom is -0.508 e. The number of hydrogen-bond donors (Lipinski definition) is 6. The zero-order valence-electron chi connectivity index (χ0n) is 14.1. The Bertz CT molecular complexity index is 749. The average molecular weight is 421 g/mol. The van der Waals surface area contributed by atoms with Gasteiger partial charge in [0.25, 0.3) is 0 Å². The number of aromatic hydroxyl groups is 1. The molecule has 0 aliphatic rings. The van der Waals surface area contributed by atoms with Crippen molar-refractivity contribution < 1.29 is 43.7 Å². The molecular formula is C15H21NO9P2. The molecule has 0 aromatic heterocycles. The van der Waals surface area contributed by atoms with Gasteiger partial charge in [-0.1, -0.05) is 24.3 Å². The van der Waals surface area contributed by atoms with Crippen molar-refractivity contribution in [2.24, 2.45) is 0 Å². The Kier molecular flexibility index (Phi) is 7.71. The number of benzene rings is 1. The number of phenols is 1. The molecule has 0 amide bonds. The molecule has 150 valence electrons. The van der Waals surface area contributed by atoms with Crippen LogP contribution in [0.3, 0.4) is 0 Å². The number of aliphatic carboxylic acids is 1. The second-order valence-corrected chi connectivity index (χ2v) is 9.06. The predicted molar refractivity (Wildman–Crippen MR) is 97.1 cm³/mol. The third-order valence-corrected chi connectivity index (χ3v) is 6.07. The number of phenolic OH excluding ortho intramolecular Hbond substituents is 1. The molecular weight excluding hydrogens is 400 g/mol. The zero-order chi connectivity index (χ0) is 21.0. The van der Waals surface area contributed by atoms with Crippen LogP contribution in [0.2, 0.25) is 0 Å². The molecule has 1 aromatic rings. The van der Waals surface area contributed by atoms with Gasteiger partial charge in [-0.15, -0.1) is 13.2 Å². The molecule has 0 radical (unpaired) electrons. The van der Waals surface area contributed by atoms with Crippen molar-refractivity contribution >= 4 is 21.2 Å². The molecule has 0 aliphatic heterocycles. The molecule has 0 heterocycles. The number of hydrogen-bond acceptors (Lipinski definition) is 5. The van der Waals surface area contributed by atoms with Crippen LogP contribution in [0.1, 0.15) is 5.56 Å². The smallest absolute Gasteiger partial charge is 0.346 e. The van der Waals surface area contributed by atoms with Crippen LogP contribution >= 0.6 is 15.2 Å². The van der Waals surface area contributed by atoms with E-state index in [1.165, 1.54) is 24.3 Å². The summed E-state index contributed by atoms with van der Waals surface area (Å²) in [7, 11) is -10.1. The number of rotatable bonds is 10. The summed E-state index contributed by atoms with van der Waals surface area (Å²) in [4.78, 5) is 50.7. The summed E-state index contributed by atoms with van der Waals surface area (Å²) in [6, 6.07) is 3.58. The number of carboxylic acid groups (broad SMARTS) is 1. The van der Waals surface area contributed by atoms with Gasteiger partial charge in [0.05, 0.1) is 0 Å². The average Bonchev–Trinajstić information content (AvgIpc) is 2.51. The Morgan fingerprint density at radius 3 is 1.70 bits per heavy atom. The Hall–Kier alpha value is -1.77. The van der Waals surface area contributed by atoms with E-state index in [0.717, 1.165) is 12.2 Å². The van der Waals surface area contributed by atoms with E-state index >= 15 is 0 Å². The Labute approximate surface area is 155 Å². The van der Waals surface area contributed by atoms with E-state index in [2.05, 4.69) is 13.2 Å². The summed E-state index contributed by atoms with van der Waals surface area (Å²) in [5.41, 5.74) is 0.354. The molecule has 6 N–H and O–H groups in total. The highest BCUT2D eigenvalue weighted by Gasteiger charge is 2.47. The van der Waals surface area contributed by atoms with Crippen molar-refractivity contribution in [3.8, 4) is 5.75 Å². The van der Waals surface area contributed by atoms with Gasteiger partial charge in [-0.25, -0.2) is 0 Å². The summed E-state index contributed by atoms with van der Waals surface area (Å²) < 4.78 is 23.7. The number of carboxylic acids is 1. The fourth-order valence-corrected chi connectivity index (χ4v) is 4.52. The van der Waals surface area contributed by atoms with Crippen LogP contribution in [0.5, 0.6) is 5.75 Å². The molecule has 27 heavy (non-hydrogen) atoms. The summed E-state index contributed by atoms with van der Waals surface area (Å²) in [5.74, 6) is -5.61. The highest BCUT2D eigenvalue weighted by molar-refractivity contribution is 7.53. The molecule has 0 bridgehead atoms. The molecule has 3 atom stereocenters. The lowest BCUT2D eigenvalue weighted by molar-refractivity contribution is -0.143. The third-order valence-electron chi connectivity index (χ3n) is 3.73. The van der Waals surface area contributed by atoms with E-state index in [-0.39, 0.29) is 12.2 Å². The Morgan fingerprint density at radius 2 is 1.41 bits per heavy atom. The maximum absolute atomic E-state index is 11.8. The largest absolute Gasteiger partial charge is 0.508 e. The lowest BCUT2D eigenvalue weighted by Crippen LogP contribution is -2.52. The van der Waals surface area contributed by atoms with Crippen LogP contribution in [0.15, 0.2) is 49.6 Å². The first-order valence-corrected chi connectivity index (χ1v) is 10.8. The quantitative estimate of drug-likeness (QED) is 0.237. The van der Waals surface area contributed by atoms with Crippen molar-refractivity contribution in [3.63, 3.8) is 0 Å². The van der Waals surface area contributed by atoms with Gasteiger partial charge in [-0.2, -0.15) is 0 Å². The maximum Gasteiger partial charge on any atom is 0.346 e. The van der Waals surface area contributed by atoms with Crippen molar-refractivity contribution in [1.82, 2.24) is 4.90 Å². The molecule has 0 spiro atoms. The van der Waals surface area contributed by atoms with E-state index in [9.17, 15) is 43.7 Å². The van der Waals surface area contributed by atoms with E-state index < -0.39 is 38.8 Å². The van der Waals surface area contributed by atoms with Crippen LogP contribution < -0.4 is 0 Å². The molecule has 0 saturated heterocycles. The summed E-state index contributed by atoms with van der Waals surface area (Å²) >= 11 is 0. The summed E-state index contributed by atoms with van der Waals surface area (Å²) in [6.07, 6.45) is 1.11. The van der Waals surface area contributed by atoms with Crippen LogP contribution in [0.25, 0.3) is 0 Å². The van der Waals surface area contributed by atoms with E-state index in [1.807, 2.05) is 0 Å². The lowest BCUT2D eigenvalue weighted by atomic mass is 10.0. The maximum atomic E-state index is 11.8. The van der Waals surface area contributed by atoms with Gasteiger partial charge in [0.1, 0.15) is 23.4 Å². The van der Waals surface area contributed by atoms with E-state index in [1.54, 1.807) is 0 Å². The molecule has 2 unspecified atom stereocenters. The highest BCUT2D eigenvalue weighted by atomic mass is 31.2. The van der Waals surface area contributed by atoms with Gasteiger partial charge in [0.2, 0.25) is 0 Å². The normalized spacial score (nSPS) is 15.7. The molecule has 10 nitrogen and oxygen atoms in total. The van der Waals surface area contributed by atoms with Gasteiger partial charge in [-0.3, -0.25) is 18.8 Å². The minimum absolute atomic E-state index is 0.0825. The minimum atomic E-state index is -5.06. The second-order valence-electron chi connectivity index (χ2n) is 5.65. The van der Waals surface area contributed by atoms with Crippen LogP contribution in [0, 0.1) is 0 Å². The topological polar surface area (TPSA) is 176 Å². The van der Waals surface area contributed by atoms with Gasteiger partial charge in [0, 0.05) is 0 Å². The van der Waals surface area contributed by atoms with E-state index in [0.29, 0.717) is 10.5 Å². The van der Waals surface area contributed by atoms with Crippen LogP contribution in [-0.2, 0) is 20.3 Å². The molecule has 0 fully saturated rings. The Balaban J connectivity index is 3.54. The van der Waals surface area contributed by atoms with Gasteiger partial charge < -0.3 is 29.8 Å². The molecule has 0 aliphatic carbocycles. The molecule has 12 heteroatoms.